The van der Waals surface area contributed by atoms with Gasteiger partial charge in [0.2, 0.25) is 5.78 Å². The minimum atomic E-state index is -0.441. The highest BCUT2D eigenvalue weighted by Gasteiger charge is 2.31. The molecule has 5 heteroatoms. The normalized spacial score (nSPS) is 13.9. The Hall–Kier alpha value is -4.12. The number of aromatic nitrogens is 1. The summed E-state index contributed by atoms with van der Waals surface area (Å²) in [5.41, 5.74) is 4.45. The summed E-state index contributed by atoms with van der Waals surface area (Å²) in [6.45, 7) is 6.56. The predicted molar refractivity (Wildman–Crippen MR) is 128 cm³/mol. The third-order valence-corrected chi connectivity index (χ3v) is 6.05. The second-order valence-corrected chi connectivity index (χ2v) is 8.10. The standard InChI is InChI=1S/C28H23NO4/c1-4-29-16-19(21-11-7-8-12-23(21)29)15-25-26(30)22-13-14-24(18(3)27(22)32-25)33-28(31)20-10-6-5-9-17(20)2/h5-16H,4H2,1-3H3/b25-15+. The Morgan fingerprint density at radius 3 is 2.58 bits per heavy atom. The van der Waals surface area contributed by atoms with Crippen molar-refractivity contribution in [1.82, 2.24) is 4.57 Å². The Morgan fingerprint density at radius 2 is 1.79 bits per heavy atom. The van der Waals surface area contributed by atoms with Crippen molar-refractivity contribution in [2.75, 3.05) is 0 Å². The van der Waals surface area contributed by atoms with Gasteiger partial charge in [-0.25, -0.2) is 4.79 Å². The maximum atomic E-state index is 13.1. The van der Waals surface area contributed by atoms with Gasteiger partial charge >= 0.3 is 5.97 Å². The molecule has 1 aromatic heterocycles. The smallest absolute Gasteiger partial charge is 0.343 e. The summed E-state index contributed by atoms with van der Waals surface area (Å²) in [6, 6.07) is 18.6. The molecule has 0 bridgehead atoms. The van der Waals surface area contributed by atoms with Gasteiger partial charge in [-0.2, -0.15) is 0 Å². The molecule has 0 N–H and O–H groups in total. The average molecular weight is 437 g/mol. The summed E-state index contributed by atoms with van der Waals surface area (Å²) < 4.78 is 13.8. The lowest BCUT2D eigenvalue weighted by Gasteiger charge is -2.11. The first-order valence-electron chi connectivity index (χ1n) is 10.9. The summed E-state index contributed by atoms with van der Waals surface area (Å²) in [4.78, 5) is 25.7. The Bertz CT molecular complexity index is 1460. The van der Waals surface area contributed by atoms with E-state index in [9.17, 15) is 9.59 Å². The Morgan fingerprint density at radius 1 is 1.03 bits per heavy atom. The fourth-order valence-electron chi connectivity index (χ4n) is 4.23. The van der Waals surface area contributed by atoms with E-state index < -0.39 is 5.97 Å². The molecule has 1 aliphatic heterocycles. The lowest BCUT2D eigenvalue weighted by atomic mass is 10.1. The van der Waals surface area contributed by atoms with E-state index in [-0.39, 0.29) is 11.5 Å². The first kappa shape index (κ1) is 20.8. The first-order valence-corrected chi connectivity index (χ1v) is 10.9. The number of para-hydroxylation sites is 1. The SMILES string of the molecule is CCn1cc(/C=C2/Oc3c(ccc(OC(=O)c4ccccc4C)c3C)C2=O)c2ccccc21. The molecule has 0 radical (unpaired) electrons. The van der Waals surface area contributed by atoms with E-state index in [1.165, 1.54) is 0 Å². The maximum Gasteiger partial charge on any atom is 0.343 e. The van der Waals surface area contributed by atoms with E-state index >= 15 is 0 Å². The molecule has 4 aromatic rings. The van der Waals surface area contributed by atoms with Crippen molar-refractivity contribution in [1.29, 1.82) is 0 Å². The zero-order valence-corrected chi connectivity index (χ0v) is 18.7. The van der Waals surface area contributed by atoms with Gasteiger partial charge in [0.1, 0.15) is 11.5 Å². The zero-order valence-electron chi connectivity index (χ0n) is 18.7. The number of fused-ring (bicyclic) bond motifs is 2. The number of hydrogen-bond acceptors (Lipinski definition) is 4. The van der Waals surface area contributed by atoms with Crippen LogP contribution in [0.1, 0.15) is 44.3 Å². The van der Waals surface area contributed by atoms with E-state index in [4.69, 9.17) is 9.47 Å². The van der Waals surface area contributed by atoms with E-state index in [0.29, 0.717) is 28.2 Å². The molecule has 0 spiro atoms. The van der Waals surface area contributed by atoms with Crippen LogP contribution in [0.25, 0.3) is 17.0 Å². The number of hydrogen-bond donors (Lipinski definition) is 0. The minimum absolute atomic E-state index is 0.182. The second kappa shape index (κ2) is 8.10. The van der Waals surface area contributed by atoms with Crippen molar-refractivity contribution < 1.29 is 19.1 Å². The molecular weight excluding hydrogens is 414 g/mol. The highest BCUT2D eigenvalue weighted by Crippen LogP contribution is 2.40. The van der Waals surface area contributed by atoms with E-state index in [1.807, 2.05) is 43.5 Å². The number of carbonyl (C=O) groups excluding carboxylic acids is 2. The van der Waals surface area contributed by atoms with Gasteiger partial charge in [0.25, 0.3) is 0 Å². The molecule has 5 nitrogen and oxygen atoms in total. The number of esters is 1. The van der Waals surface area contributed by atoms with E-state index in [1.54, 1.807) is 37.3 Å². The van der Waals surface area contributed by atoms with Crippen molar-refractivity contribution in [2.24, 2.45) is 0 Å². The molecule has 0 fully saturated rings. The molecule has 0 saturated carbocycles. The molecule has 0 saturated heterocycles. The van der Waals surface area contributed by atoms with Gasteiger partial charge in [-0.3, -0.25) is 4.79 Å². The quantitative estimate of drug-likeness (QED) is 0.219. The summed E-state index contributed by atoms with van der Waals surface area (Å²) >= 11 is 0. The molecule has 33 heavy (non-hydrogen) atoms. The molecule has 164 valence electrons. The van der Waals surface area contributed by atoms with Crippen molar-refractivity contribution in [3.63, 3.8) is 0 Å². The van der Waals surface area contributed by atoms with Crippen molar-refractivity contribution in [3.8, 4) is 11.5 Å². The van der Waals surface area contributed by atoms with Crippen molar-refractivity contribution in [2.45, 2.75) is 27.3 Å². The Kier molecular flexibility index (Phi) is 5.09. The van der Waals surface area contributed by atoms with Crippen LogP contribution in [0.4, 0.5) is 0 Å². The lowest BCUT2D eigenvalue weighted by Crippen LogP contribution is -2.11. The van der Waals surface area contributed by atoms with Gasteiger partial charge in [-0.15, -0.1) is 0 Å². The van der Waals surface area contributed by atoms with Crippen molar-refractivity contribution >= 4 is 28.7 Å². The minimum Gasteiger partial charge on any atom is -0.452 e. The summed E-state index contributed by atoms with van der Waals surface area (Å²) in [5.74, 6) is 0.440. The lowest BCUT2D eigenvalue weighted by molar-refractivity contribution is 0.0732. The molecule has 0 unspecified atom stereocenters. The van der Waals surface area contributed by atoms with Crippen LogP contribution in [0, 0.1) is 13.8 Å². The number of nitrogens with zero attached hydrogens (tertiary/aromatic N) is 1. The van der Waals surface area contributed by atoms with Crippen LogP contribution in [0.15, 0.2) is 72.6 Å². The highest BCUT2D eigenvalue weighted by atomic mass is 16.5. The van der Waals surface area contributed by atoms with Crippen LogP contribution in [-0.2, 0) is 6.54 Å². The van der Waals surface area contributed by atoms with Gasteiger partial charge < -0.3 is 14.0 Å². The van der Waals surface area contributed by atoms with Gasteiger partial charge in [-0.1, -0.05) is 36.4 Å². The number of ketones is 1. The molecule has 1 aliphatic rings. The van der Waals surface area contributed by atoms with Crippen molar-refractivity contribution in [3.05, 3.63) is 100 Å². The molecule has 0 atom stereocenters. The number of Topliss-reactive ketones (excluding diaryl/α,β-unsaturated/α-hetero) is 1. The number of benzene rings is 3. The molecule has 3 aromatic carbocycles. The van der Waals surface area contributed by atoms with Crippen LogP contribution in [-0.4, -0.2) is 16.3 Å². The third kappa shape index (κ3) is 3.52. The number of ether oxygens (including phenoxy) is 2. The molecule has 0 amide bonds. The van der Waals surface area contributed by atoms with Crippen LogP contribution >= 0.6 is 0 Å². The Labute approximate surface area is 191 Å². The number of aryl methyl sites for hydroxylation is 2. The van der Waals surface area contributed by atoms with Gasteiger partial charge in [-0.05, 0) is 56.7 Å². The van der Waals surface area contributed by atoms with Crippen LogP contribution in [0.3, 0.4) is 0 Å². The summed E-state index contributed by atoms with van der Waals surface area (Å²) in [6.07, 6.45) is 3.81. The van der Waals surface area contributed by atoms with Crippen LogP contribution < -0.4 is 9.47 Å². The molecule has 2 heterocycles. The number of rotatable bonds is 4. The molecular formula is C28H23NO4. The second-order valence-electron chi connectivity index (χ2n) is 8.10. The van der Waals surface area contributed by atoms with Gasteiger partial charge in [0.15, 0.2) is 5.76 Å². The topological polar surface area (TPSA) is 57.5 Å². The van der Waals surface area contributed by atoms with E-state index in [0.717, 1.165) is 28.6 Å². The fraction of sp³-hybridized carbons (Fsp3) is 0.143. The van der Waals surface area contributed by atoms with Crippen LogP contribution in [0.5, 0.6) is 11.5 Å². The number of carbonyl (C=O) groups is 2. The molecule has 5 rings (SSSR count). The monoisotopic (exact) mass is 437 g/mol. The van der Waals surface area contributed by atoms with Gasteiger partial charge in [0.05, 0.1) is 11.1 Å². The average Bonchev–Trinajstić information content (AvgIpc) is 3.34. The fourth-order valence-corrected chi connectivity index (χ4v) is 4.23. The summed E-state index contributed by atoms with van der Waals surface area (Å²) in [7, 11) is 0. The zero-order chi connectivity index (χ0) is 23.1. The van der Waals surface area contributed by atoms with Gasteiger partial charge in [0, 0.05) is 34.8 Å². The third-order valence-electron chi connectivity index (χ3n) is 6.05. The largest absolute Gasteiger partial charge is 0.452 e. The predicted octanol–water partition coefficient (Wildman–Crippen LogP) is 6.11. The highest BCUT2D eigenvalue weighted by molar-refractivity contribution is 6.15. The molecule has 0 aliphatic carbocycles. The van der Waals surface area contributed by atoms with Crippen LogP contribution in [0.2, 0.25) is 0 Å². The number of allylic oxidation sites excluding steroid dienone is 1. The maximum absolute atomic E-state index is 13.1. The Balaban J connectivity index is 1.48. The summed E-state index contributed by atoms with van der Waals surface area (Å²) in [5, 5.41) is 1.06. The van der Waals surface area contributed by atoms with E-state index in [2.05, 4.69) is 17.6 Å². The first-order chi connectivity index (χ1) is 16.0.